The monoisotopic (exact) mass is 358 g/mol. The van der Waals surface area contributed by atoms with Crippen LogP contribution in [0.2, 0.25) is 0 Å². The van der Waals surface area contributed by atoms with Crippen LogP contribution in [0.15, 0.2) is 0 Å². The zero-order chi connectivity index (χ0) is 16.8. The Labute approximate surface area is 133 Å². The highest BCUT2D eigenvalue weighted by atomic mass is 32.2. The second-order valence-electron chi connectivity index (χ2n) is 5.63. The highest BCUT2D eigenvalue weighted by Gasteiger charge is 2.31. The molecule has 1 aliphatic heterocycles. The largest absolute Gasteiger partial charge is 0.301 e. The standard InChI is InChI=1S/C12H26N2O6S2/c1-2-5-12(22(18,19)20)14-9-7-13(8-10-14)6-3-4-11-21(15,16)17/h12H,2-11H2,1H3,(H,15,16,17)(H,18,19,20). The maximum absolute atomic E-state index is 11.4. The molecule has 0 aromatic heterocycles. The van der Waals surface area contributed by atoms with Gasteiger partial charge in [-0.2, -0.15) is 16.8 Å². The minimum Gasteiger partial charge on any atom is -0.301 e. The number of rotatable bonds is 9. The van der Waals surface area contributed by atoms with Crippen molar-refractivity contribution < 1.29 is 25.9 Å². The molecule has 1 rings (SSSR count). The van der Waals surface area contributed by atoms with Gasteiger partial charge in [-0.05, 0) is 25.8 Å². The van der Waals surface area contributed by atoms with Crippen molar-refractivity contribution >= 4 is 20.2 Å². The molecule has 1 heterocycles. The lowest BCUT2D eigenvalue weighted by molar-refractivity contribution is 0.114. The maximum Gasteiger partial charge on any atom is 0.281 e. The van der Waals surface area contributed by atoms with Gasteiger partial charge in [0.05, 0.1) is 5.75 Å². The van der Waals surface area contributed by atoms with Crippen molar-refractivity contribution in [1.29, 1.82) is 0 Å². The number of hydrogen-bond donors (Lipinski definition) is 2. The van der Waals surface area contributed by atoms with E-state index in [-0.39, 0.29) is 5.75 Å². The van der Waals surface area contributed by atoms with Crippen LogP contribution in [0.3, 0.4) is 0 Å². The molecule has 10 heteroatoms. The topological polar surface area (TPSA) is 115 Å². The minimum absolute atomic E-state index is 0.228. The molecule has 8 nitrogen and oxygen atoms in total. The van der Waals surface area contributed by atoms with Gasteiger partial charge in [0.2, 0.25) is 0 Å². The summed E-state index contributed by atoms with van der Waals surface area (Å²) in [6.07, 6.45) is 2.16. The zero-order valence-electron chi connectivity index (χ0n) is 12.9. The molecule has 0 amide bonds. The fourth-order valence-electron chi connectivity index (χ4n) is 2.66. The van der Waals surface area contributed by atoms with E-state index in [1.165, 1.54) is 0 Å². The number of hydrogen-bond acceptors (Lipinski definition) is 6. The Balaban J connectivity index is 2.36. The van der Waals surface area contributed by atoms with Crippen molar-refractivity contribution in [1.82, 2.24) is 9.80 Å². The smallest absolute Gasteiger partial charge is 0.281 e. The Kier molecular flexibility index (Phi) is 7.69. The van der Waals surface area contributed by atoms with Crippen LogP contribution in [0, 0.1) is 0 Å². The molecule has 0 spiro atoms. The molecule has 0 saturated carbocycles. The molecule has 22 heavy (non-hydrogen) atoms. The molecular weight excluding hydrogens is 332 g/mol. The van der Waals surface area contributed by atoms with Gasteiger partial charge >= 0.3 is 0 Å². The van der Waals surface area contributed by atoms with E-state index in [4.69, 9.17) is 4.55 Å². The predicted octanol–water partition coefficient (Wildman–Crippen LogP) is 0.286. The van der Waals surface area contributed by atoms with Crippen LogP contribution in [0.5, 0.6) is 0 Å². The Hall–Kier alpha value is -0.260. The fourth-order valence-corrected chi connectivity index (χ4v) is 4.35. The second-order valence-corrected chi connectivity index (χ2v) is 8.78. The summed E-state index contributed by atoms with van der Waals surface area (Å²) in [7, 11) is -7.96. The molecule has 1 saturated heterocycles. The fraction of sp³-hybridized carbons (Fsp3) is 1.00. The molecule has 0 radical (unpaired) electrons. The first-order valence-electron chi connectivity index (χ1n) is 7.51. The summed E-state index contributed by atoms with van der Waals surface area (Å²) in [4.78, 5) is 3.92. The third kappa shape index (κ3) is 7.34. The van der Waals surface area contributed by atoms with Crippen LogP contribution in [-0.4, -0.2) is 79.6 Å². The van der Waals surface area contributed by atoms with Crippen LogP contribution in [0.25, 0.3) is 0 Å². The van der Waals surface area contributed by atoms with Crippen molar-refractivity contribution in [2.45, 2.75) is 38.0 Å². The highest BCUT2D eigenvalue weighted by Crippen LogP contribution is 2.16. The first kappa shape index (κ1) is 19.8. The second kappa shape index (κ2) is 8.55. The third-order valence-corrected chi connectivity index (χ3v) is 5.85. The van der Waals surface area contributed by atoms with Gasteiger partial charge in [0.25, 0.3) is 20.2 Å². The van der Waals surface area contributed by atoms with E-state index in [0.29, 0.717) is 58.4 Å². The summed E-state index contributed by atoms with van der Waals surface area (Å²) in [5, 5.41) is -0.834. The minimum atomic E-state index is -4.07. The average molecular weight is 358 g/mol. The van der Waals surface area contributed by atoms with E-state index in [2.05, 4.69) is 4.90 Å². The summed E-state index contributed by atoms with van der Waals surface area (Å²) in [6, 6.07) is 0. The lowest BCUT2D eigenvalue weighted by atomic mass is 10.2. The lowest BCUT2D eigenvalue weighted by Gasteiger charge is -2.37. The van der Waals surface area contributed by atoms with Crippen LogP contribution in [0.1, 0.15) is 32.6 Å². The Morgan fingerprint density at radius 3 is 2.05 bits per heavy atom. The third-order valence-electron chi connectivity index (χ3n) is 3.82. The van der Waals surface area contributed by atoms with Crippen molar-refractivity contribution in [3.8, 4) is 0 Å². The molecule has 0 aliphatic carbocycles. The Bertz CT molecular complexity index is 526. The van der Waals surface area contributed by atoms with Gasteiger partial charge in [-0.3, -0.25) is 14.0 Å². The van der Waals surface area contributed by atoms with E-state index in [9.17, 15) is 21.4 Å². The molecule has 1 unspecified atom stereocenters. The number of nitrogens with zero attached hydrogens (tertiary/aromatic N) is 2. The molecule has 0 aromatic carbocycles. The average Bonchev–Trinajstić information content (AvgIpc) is 2.39. The molecule has 0 aromatic rings. The Morgan fingerprint density at radius 2 is 1.59 bits per heavy atom. The maximum atomic E-state index is 11.4. The summed E-state index contributed by atoms with van der Waals surface area (Å²) in [6.45, 7) is 5.08. The number of unbranched alkanes of at least 4 members (excludes halogenated alkanes) is 1. The molecule has 132 valence electrons. The van der Waals surface area contributed by atoms with Crippen molar-refractivity contribution in [2.75, 3.05) is 38.5 Å². The summed E-state index contributed by atoms with van der Waals surface area (Å²) in [5.41, 5.74) is 0. The summed E-state index contributed by atoms with van der Waals surface area (Å²) < 4.78 is 62.0. The molecular formula is C12H26N2O6S2. The van der Waals surface area contributed by atoms with Gasteiger partial charge in [0.1, 0.15) is 5.37 Å². The molecule has 0 bridgehead atoms. The van der Waals surface area contributed by atoms with Crippen molar-refractivity contribution in [3.63, 3.8) is 0 Å². The lowest BCUT2D eigenvalue weighted by Crippen LogP contribution is -2.52. The van der Waals surface area contributed by atoms with Gasteiger partial charge < -0.3 is 4.90 Å². The SMILES string of the molecule is CCCC(N1CCN(CCCCS(=O)(=O)O)CC1)S(=O)(=O)O. The molecule has 1 aliphatic rings. The van der Waals surface area contributed by atoms with Crippen LogP contribution in [0.4, 0.5) is 0 Å². The first-order chi connectivity index (χ1) is 10.1. The Morgan fingerprint density at radius 1 is 1.00 bits per heavy atom. The normalized spacial score (nSPS) is 20.1. The van der Waals surface area contributed by atoms with E-state index in [1.807, 2.05) is 6.92 Å². The van der Waals surface area contributed by atoms with Gasteiger partial charge in [-0.15, -0.1) is 0 Å². The summed E-state index contributed by atoms with van der Waals surface area (Å²) in [5.74, 6) is -0.228. The van der Waals surface area contributed by atoms with Crippen LogP contribution in [-0.2, 0) is 20.2 Å². The molecule has 2 N–H and O–H groups in total. The first-order valence-corrected chi connectivity index (χ1v) is 10.6. The predicted molar refractivity (Wildman–Crippen MR) is 83.9 cm³/mol. The quantitative estimate of drug-likeness (QED) is 0.446. The van der Waals surface area contributed by atoms with Crippen LogP contribution < -0.4 is 0 Å². The van der Waals surface area contributed by atoms with E-state index in [1.54, 1.807) is 4.90 Å². The molecule has 1 fully saturated rings. The summed E-state index contributed by atoms with van der Waals surface area (Å²) >= 11 is 0. The van der Waals surface area contributed by atoms with Crippen molar-refractivity contribution in [3.05, 3.63) is 0 Å². The highest BCUT2D eigenvalue weighted by molar-refractivity contribution is 7.86. The van der Waals surface area contributed by atoms with Gasteiger partial charge in [-0.25, -0.2) is 0 Å². The molecule has 1 atom stereocenters. The van der Waals surface area contributed by atoms with Gasteiger partial charge in [0.15, 0.2) is 0 Å². The van der Waals surface area contributed by atoms with E-state index >= 15 is 0 Å². The zero-order valence-corrected chi connectivity index (χ0v) is 14.5. The van der Waals surface area contributed by atoms with E-state index < -0.39 is 25.6 Å². The number of piperazine rings is 1. The van der Waals surface area contributed by atoms with Crippen molar-refractivity contribution in [2.24, 2.45) is 0 Å². The van der Waals surface area contributed by atoms with Crippen LogP contribution >= 0.6 is 0 Å². The van der Waals surface area contributed by atoms with Gasteiger partial charge in [-0.1, -0.05) is 13.3 Å². The van der Waals surface area contributed by atoms with E-state index in [0.717, 1.165) is 0 Å². The van der Waals surface area contributed by atoms with Gasteiger partial charge in [0, 0.05) is 26.2 Å².